The standard InChI is InChI=1S/C8H14O4/c1-6(9)12-7-4-5-11-8(7,2)10-3/h7H,4-5H2,1-3H3. The summed E-state index contributed by atoms with van der Waals surface area (Å²) in [6.07, 6.45) is 0.421. The minimum Gasteiger partial charge on any atom is -0.457 e. The van der Waals surface area contributed by atoms with Crippen molar-refractivity contribution in [3.8, 4) is 0 Å². The van der Waals surface area contributed by atoms with Crippen molar-refractivity contribution >= 4 is 5.97 Å². The van der Waals surface area contributed by atoms with Crippen LogP contribution < -0.4 is 0 Å². The highest BCUT2D eigenvalue weighted by Crippen LogP contribution is 2.28. The summed E-state index contributed by atoms with van der Waals surface area (Å²) in [5, 5.41) is 0. The van der Waals surface area contributed by atoms with E-state index >= 15 is 0 Å². The van der Waals surface area contributed by atoms with E-state index in [0.717, 1.165) is 0 Å². The van der Waals surface area contributed by atoms with Crippen LogP contribution >= 0.6 is 0 Å². The van der Waals surface area contributed by atoms with Crippen LogP contribution in [0.5, 0.6) is 0 Å². The van der Waals surface area contributed by atoms with Crippen molar-refractivity contribution in [1.29, 1.82) is 0 Å². The molecule has 0 radical (unpaired) electrons. The van der Waals surface area contributed by atoms with Gasteiger partial charge in [-0.05, 0) is 6.92 Å². The molecule has 2 atom stereocenters. The molecule has 70 valence electrons. The summed E-state index contributed by atoms with van der Waals surface area (Å²) >= 11 is 0. The van der Waals surface area contributed by atoms with E-state index in [1.54, 1.807) is 14.0 Å². The third-order valence-corrected chi connectivity index (χ3v) is 2.07. The van der Waals surface area contributed by atoms with Gasteiger partial charge in [-0.3, -0.25) is 4.79 Å². The van der Waals surface area contributed by atoms with E-state index in [2.05, 4.69) is 0 Å². The molecule has 2 unspecified atom stereocenters. The molecule has 0 aromatic heterocycles. The number of carbonyl (C=O) groups is 1. The smallest absolute Gasteiger partial charge is 0.303 e. The van der Waals surface area contributed by atoms with E-state index < -0.39 is 5.79 Å². The zero-order chi connectivity index (χ0) is 9.19. The number of methoxy groups -OCH3 is 1. The van der Waals surface area contributed by atoms with Crippen LogP contribution in [0, 0.1) is 0 Å². The molecule has 1 aliphatic heterocycles. The molecule has 1 saturated heterocycles. The van der Waals surface area contributed by atoms with Gasteiger partial charge in [0.25, 0.3) is 0 Å². The Balaban J connectivity index is 2.57. The minimum atomic E-state index is -0.758. The summed E-state index contributed by atoms with van der Waals surface area (Å²) in [7, 11) is 1.54. The van der Waals surface area contributed by atoms with Crippen LogP contribution in [0.15, 0.2) is 0 Å². The van der Waals surface area contributed by atoms with Crippen LogP contribution in [0.2, 0.25) is 0 Å². The van der Waals surface area contributed by atoms with Crippen LogP contribution in [-0.4, -0.2) is 31.6 Å². The normalized spacial score (nSPS) is 35.1. The molecule has 1 rings (SSSR count). The molecule has 0 N–H and O–H groups in total. The first kappa shape index (κ1) is 9.48. The predicted octanol–water partition coefficient (Wildman–Crippen LogP) is 0.701. The Kier molecular flexibility index (Phi) is 2.69. The van der Waals surface area contributed by atoms with E-state index in [1.165, 1.54) is 6.92 Å². The lowest BCUT2D eigenvalue weighted by atomic mass is 10.1. The monoisotopic (exact) mass is 174 g/mol. The first-order valence-electron chi connectivity index (χ1n) is 3.95. The highest BCUT2D eigenvalue weighted by molar-refractivity contribution is 5.66. The van der Waals surface area contributed by atoms with E-state index in [9.17, 15) is 4.79 Å². The Labute approximate surface area is 71.8 Å². The van der Waals surface area contributed by atoms with Crippen LogP contribution in [-0.2, 0) is 19.0 Å². The van der Waals surface area contributed by atoms with Crippen molar-refractivity contribution in [3.63, 3.8) is 0 Å². The number of carbonyl (C=O) groups excluding carboxylic acids is 1. The zero-order valence-corrected chi connectivity index (χ0v) is 7.62. The van der Waals surface area contributed by atoms with Gasteiger partial charge in [-0.25, -0.2) is 0 Å². The number of esters is 1. The Morgan fingerprint density at radius 1 is 1.67 bits per heavy atom. The average Bonchev–Trinajstić information content (AvgIpc) is 2.33. The van der Waals surface area contributed by atoms with Crippen LogP contribution in [0.4, 0.5) is 0 Å². The largest absolute Gasteiger partial charge is 0.457 e. The molecule has 0 spiro atoms. The van der Waals surface area contributed by atoms with Crippen molar-refractivity contribution < 1.29 is 19.0 Å². The van der Waals surface area contributed by atoms with Gasteiger partial charge in [-0.1, -0.05) is 0 Å². The second-order valence-corrected chi connectivity index (χ2v) is 2.96. The lowest BCUT2D eigenvalue weighted by molar-refractivity contribution is -0.227. The number of rotatable bonds is 2. The second kappa shape index (κ2) is 3.41. The first-order chi connectivity index (χ1) is 5.58. The topological polar surface area (TPSA) is 44.8 Å². The first-order valence-corrected chi connectivity index (χ1v) is 3.95. The molecule has 0 saturated carbocycles. The van der Waals surface area contributed by atoms with Crippen LogP contribution in [0.1, 0.15) is 20.3 Å². The maximum Gasteiger partial charge on any atom is 0.303 e. The minimum absolute atomic E-state index is 0.278. The fourth-order valence-electron chi connectivity index (χ4n) is 1.28. The zero-order valence-electron chi connectivity index (χ0n) is 7.62. The number of hydrogen-bond acceptors (Lipinski definition) is 4. The van der Waals surface area contributed by atoms with Gasteiger partial charge in [0, 0.05) is 20.5 Å². The van der Waals surface area contributed by atoms with Crippen molar-refractivity contribution in [1.82, 2.24) is 0 Å². The van der Waals surface area contributed by atoms with Crippen molar-refractivity contribution in [3.05, 3.63) is 0 Å². The van der Waals surface area contributed by atoms with Crippen LogP contribution in [0.25, 0.3) is 0 Å². The summed E-state index contributed by atoms with van der Waals surface area (Å²) in [6, 6.07) is 0. The molecule has 12 heavy (non-hydrogen) atoms. The molecular formula is C8H14O4. The summed E-state index contributed by atoms with van der Waals surface area (Å²) < 4.78 is 15.4. The third-order valence-electron chi connectivity index (χ3n) is 2.07. The molecule has 1 heterocycles. The van der Waals surface area contributed by atoms with E-state index in [4.69, 9.17) is 14.2 Å². The molecule has 0 aliphatic carbocycles. The Morgan fingerprint density at radius 3 is 2.83 bits per heavy atom. The van der Waals surface area contributed by atoms with Gasteiger partial charge in [-0.15, -0.1) is 0 Å². The average molecular weight is 174 g/mol. The van der Waals surface area contributed by atoms with Crippen molar-refractivity contribution in [2.45, 2.75) is 32.2 Å². The molecule has 0 amide bonds. The molecule has 1 aliphatic rings. The highest BCUT2D eigenvalue weighted by Gasteiger charge is 2.42. The van der Waals surface area contributed by atoms with Gasteiger partial charge in [0.2, 0.25) is 5.79 Å². The maximum absolute atomic E-state index is 10.7. The molecule has 4 heteroatoms. The summed E-state index contributed by atoms with van der Waals surface area (Å²) in [5.41, 5.74) is 0. The molecule has 1 fully saturated rings. The molecular weight excluding hydrogens is 160 g/mol. The van der Waals surface area contributed by atoms with Gasteiger partial charge in [0.05, 0.1) is 6.61 Å². The summed E-state index contributed by atoms with van der Waals surface area (Å²) in [4.78, 5) is 10.7. The molecule has 0 aromatic rings. The Hall–Kier alpha value is -0.610. The molecule has 4 nitrogen and oxygen atoms in total. The van der Waals surface area contributed by atoms with Crippen molar-refractivity contribution in [2.75, 3.05) is 13.7 Å². The lowest BCUT2D eigenvalue weighted by Gasteiger charge is -2.27. The van der Waals surface area contributed by atoms with E-state index in [-0.39, 0.29) is 12.1 Å². The molecule has 0 bridgehead atoms. The maximum atomic E-state index is 10.7. The Morgan fingerprint density at radius 2 is 2.33 bits per heavy atom. The fraction of sp³-hybridized carbons (Fsp3) is 0.875. The van der Waals surface area contributed by atoms with E-state index in [1.807, 2.05) is 0 Å². The fourth-order valence-corrected chi connectivity index (χ4v) is 1.28. The number of ether oxygens (including phenoxy) is 3. The Bertz CT molecular complexity index is 180. The van der Waals surface area contributed by atoms with Gasteiger partial charge >= 0.3 is 5.97 Å². The molecule has 0 aromatic carbocycles. The van der Waals surface area contributed by atoms with Gasteiger partial charge in [-0.2, -0.15) is 0 Å². The highest BCUT2D eigenvalue weighted by atomic mass is 16.7. The van der Waals surface area contributed by atoms with Gasteiger partial charge in [0.1, 0.15) is 0 Å². The SMILES string of the molecule is COC1(C)OCCC1OC(C)=O. The van der Waals surface area contributed by atoms with Gasteiger partial charge in [0.15, 0.2) is 6.10 Å². The lowest BCUT2D eigenvalue weighted by Crippen LogP contribution is -2.40. The number of hydrogen-bond donors (Lipinski definition) is 0. The quantitative estimate of drug-likeness (QED) is 0.578. The van der Waals surface area contributed by atoms with Crippen molar-refractivity contribution in [2.24, 2.45) is 0 Å². The van der Waals surface area contributed by atoms with Gasteiger partial charge < -0.3 is 14.2 Å². The second-order valence-electron chi connectivity index (χ2n) is 2.96. The van der Waals surface area contributed by atoms with E-state index in [0.29, 0.717) is 13.0 Å². The predicted molar refractivity (Wildman–Crippen MR) is 41.5 cm³/mol. The van der Waals surface area contributed by atoms with Crippen LogP contribution in [0.3, 0.4) is 0 Å². The third kappa shape index (κ3) is 1.76. The summed E-state index contributed by atoms with van der Waals surface area (Å²) in [6.45, 7) is 3.73. The summed E-state index contributed by atoms with van der Waals surface area (Å²) in [5.74, 6) is -1.06.